The Hall–Kier alpha value is -2.49. The number of benzene rings is 1. The maximum absolute atomic E-state index is 11.8. The Morgan fingerprint density at radius 2 is 2.04 bits per heavy atom. The third-order valence-electron chi connectivity index (χ3n) is 3.24. The molecule has 0 saturated carbocycles. The maximum Gasteiger partial charge on any atom is 0.390 e. The Kier molecular flexibility index (Phi) is 7.11. The highest BCUT2D eigenvalue weighted by atomic mass is 35.5. The number of nitro groups is 1. The molecule has 2 rings (SSSR count). The van der Waals surface area contributed by atoms with Gasteiger partial charge in [-0.3, -0.25) is 9.63 Å². The molecule has 0 atom stereocenters. The lowest BCUT2D eigenvalue weighted by Gasteiger charge is -2.18. The third-order valence-corrected chi connectivity index (χ3v) is 3.79. The van der Waals surface area contributed by atoms with Gasteiger partial charge in [0, 0.05) is 23.6 Å². The Bertz CT molecular complexity index is 886. The number of halogens is 2. The summed E-state index contributed by atoms with van der Waals surface area (Å²) in [6.07, 6.45) is 1.32. The number of carbonyl (C=O) groups excluding carboxylic acids is 1. The molecule has 2 aromatic rings. The van der Waals surface area contributed by atoms with Crippen LogP contribution in [-0.2, 0) is 9.63 Å². The van der Waals surface area contributed by atoms with Gasteiger partial charge in [-0.2, -0.15) is 0 Å². The van der Waals surface area contributed by atoms with E-state index < -0.39 is 16.3 Å². The molecule has 0 bridgehead atoms. The Labute approximate surface area is 171 Å². The topological polar surface area (TPSA) is 119 Å². The first-order valence-corrected chi connectivity index (χ1v) is 9.00. The molecule has 0 aliphatic carbocycles. The molecule has 0 radical (unpaired) electrons. The number of hydrogen-bond acceptors (Lipinski definition) is 7. The normalized spacial score (nSPS) is 11.2. The van der Waals surface area contributed by atoms with Crippen LogP contribution in [0, 0.1) is 10.1 Å². The van der Waals surface area contributed by atoms with Crippen LogP contribution in [0.15, 0.2) is 24.4 Å². The summed E-state index contributed by atoms with van der Waals surface area (Å²) in [6.45, 7) is 5.64. The van der Waals surface area contributed by atoms with Crippen molar-refractivity contribution in [1.29, 1.82) is 0 Å². The first-order valence-electron chi connectivity index (χ1n) is 8.24. The Morgan fingerprint density at radius 1 is 1.32 bits per heavy atom. The van der Waals surface area contributed by atoms with Gasteiger partial charge >= 0.3 is 5.82 Å². The van der Waals surface area contributed by atoms with Crippen molar-refractivity contribution in [1.82, 2.24) is 15.4 Å². The number of rotatable bonds is 7. The average Bonchev–Trinajstić information content (AvgIpc) is 2.59. The molecule has 0 fully saturated rings. The van der Waals surface area contributed by atoms with Crippen molar-refractivity contribution < 1.29 is 14.6 Å². The Balaban J connectivity index is 2.12. The van der Waals surface area contributed by atoms with Crippen LogP contribution in [0.3, 0.4) is 0 Å². The lowest BCUT2D eigenvalue weighted by Crippen LogP contribution is -2.34. The number of hydroxylamine groups is 1. The SMILES string of the molecule is CC(C)(C)ONC(=O)CCNc1cnc([N+](=O)[O-])c(-c2ccc(Cl)cc2Cl)n1. The zero-order chi connectivity index (χ0) is 20.9. The van der Waals surface area contributed by atoms with E-state index in [-0.39, 0.29) is 35.4 Å². The molecule has 1 amide bonds. The average molecular weight is 428 g/mol. The van der Waals surface area contributed by atoms with Crippen molar-refractivity contribution in [2.24, 2.45) is 0 Å². The van der Waals surface area contributed by atoms with Gasteiger partial charge in [0.1, 0.15) is 0 Å². The van der Waals surface area contributed by atoms with Crippen LogP contribution in [0.25, 0.3) is 11.3 Å². The van der Waals surface area contributed by atoms with Crippen LogP contribution in [0.2, 0.25) is 10.0 Å². The van der Waals surface area contributed by atoms with E-state index in [1.165, 1.54) is 18.3 Å². The lowest BCUT2D eigenvalue weighted by atomic mass is 10.1. The van der Waals surface area contributed by atoms with E-state index in [4.69, 9.17) is 28.0 Å². The van der Waals surface area contributed by atoms with Gasteiger partial charge in [0.2, 0.25) is 5.91 Å². The van der Waals surface area contributed by atoms with E-state index in [1.54, 1.807) is 26.8 Å². The number of nitrogens with one attached hydrogen (secondary N) is 2. The third kappa shape index (κ3) is 6.29. The number of anilines is 1. The van der Waals surface area contributed by atoms with Gasteiger partial charge in [-0.15, -0.1) is 0 Å². The van der Waals surface area contributed by atoms with Crippen LogP contribution in [0.1, 0.15) is 27.2 Å². The van der Waals surface area contributed by atoms with Crippen molar-refractivity contribution >= 4 is 40.7 Å². The van der Waals surface area contributed by atoms with Gasteiger partial charge in [-0.05, 0) is 48.9 Å². The summed E-state index contributed by atoms with van der Waals surface area (Å²) in [6, 6.07) is 4.54. The summed E-state index contributed by atoms with van der Waals surface area (Å²) < 4.78 is 0. The molecule has 0 saturated heterocycles. The van der Waals surface area contributed by atoms with Crippen molar-refractivity contribution in [2.75, 3.05) is 11.9 Å². The minimum Gasteiger partial charge on any atom is -0.366 e. The first-order chi connectivity index (χ1) is 13.1. The van der Waals surface area contributed by atoms with E-state index in [0.717, 1.165) is 0 Å². The van der Waals surface area contributed by atoms with Gasteiger partial charge in [0.15, 0.2) is 17.7 Å². The minimum atomic E-state index is -0.645. The molecule has 0 aliphatic rings. The van der Waals surface area contributed by atoms with Gasteiger partial charge in [-0.1, -0.05) is 23.2 Å². The van der Waals surface area contributed by atoms with Crippen molar-refractivity contribution in [3.8, 4) is 11.3 Å². The van der Waals surface area contributed by atoms with Crippen molar-refractivity contribution in [3.05, 3.63) is 44.6 Å². The molecule has 28 heavy (non-hydrogen) atoms. The van der Waals surface area contributed by atoms with E-state index in [9.17, 15) is 14.9 Å². The zero-order valence-corrected chi connectivity index (χ0v) is 17.0. The quantitative estimate of drug-likeness (QED) is 0.505. The molecule has 0 spiro atoms. The van der Waals surface area contributed by atoms with Gasteiger partial charge in [0.25, 0.3) is 0 Å². The van der Waals surface area contributed by atoms with Crippen LogP contribution in [0.4, 0.5) is 11.6 Å². The van der Waals surface area contributed by atoms with E-state index in [0.29, 0.717) is 10.6 Å². The highest BCUT2D eigenvalue weighted by Gasteiger charge is 2.22. The maximum atomic E-state index is 11.8. The summed E-state index contributed by atoms with van der Waals surface area (Å²) in [5.74, 6) is -0.500. The smallest absolute Gasteiger partial charge is 0.366 e. The molecule has 1 aromatic heterocycles. The van der Waals surface area contributed by atoms with Crippen molar-refractivity contribution in [3.63, 3.8) is 0 Å². The number of hydrogen-bond donors (Lipinski definition) is 2. The number of amides is 1. The molecule has 9 nitrogen and oxygen atoms in total. The largest absolute Gasteiger partial charge is 0.390 e. The van der Waals surface area contributed by atoms with Gasteiger partial charge in [-0.25, -0.2) is 10.5 Å². The molecule has 1 aromatic carbocycles. The molecular weight excluding hydrogens is 409 g/mol. The number of carbonyl (C=O) groups is 1. The van der Waals surface area contributed by atoms with Gasteiger partial charge in [0.05, 0.1) is 10.6 Å². The second kappa shape index (κ2) is 9.13. The highest BCUT2D eigenvalue weighted by Crippen LogP contribution is 2.34. The molecule has 11 heteroatoms. The second-order valence-corrected chi connectivity index (χ2v) is 7.57. The number of nitrogens with zero attached hydrogens (tertiary/aromatic N) is 3. The summed E-state index contributed by atoms with van der Waals surface area (Å²) >= 11 is 12.0. The lowest BCUT2D eigenvalue weighted by molar-refractivity contribution is -0.389. The fraction of sp³-hybridized carbons (Fsp3) is 0.353. The summed E-state index contributed by atoms with van der Waals surface area (Å²) in [5.41, 5.74) is 2.17. The second-order valence-electron chi connectivity index (χ2n) is 6.73. The van der Waals surface area contributed by atoms with E-state index >= 15 is 0 Å². The molecule has 1 heterocycles. The highest BCUT2D eigenvalue weighted by molar-refractivity contribution is 6.36. The van der Waals surface area contributed by atoms with Crippen molar-refractivity contribution in [2.45, 2.75) is 32.8 Å². The van der Waals surface area contributed by atoms with Crippen LogP contribution < -0.4 is 10.8 Å². The minimum absolute atomic E-state index is 0.00261. The van der Waals surface area contributed by atoms with Gasteiger partial charge < -0.3 is 15.4 Å². The monoisotopic (exact) mass is 427 g/mol. The Morgan fingerprint density at radius 3 is 2.64 bits per heavy atom. The molecule has 0 unspecified atom stereocenters. The molecule has 2 N–H and O–H groups in total. The summed E-state index contributed by atoms with van der Waals surface area (Å²) in [5, 5.41) is 14.8. The number of aromatic nitrogens is 2. The zero-order valence-electron chi connectivity index (χ0n) is 15.5. The van der Waals surface area contributed by atoms with Crippen LogP contribution in [-0.4, -0.2) is 32.9 Å². The summed E-state index contributed by atoms with van der Waals surface area (Å²) in [7, 11) is 0. The fourth-order valence-electron chi connectivity index (χ4n) is 2.03. The summed E-state index contributed by atoms with van der Waals surface area (Å²) in [4.78, 5) is 35.7. The van der Waals surface area contributed by atoms with Crippen LogP contribution >= 0.6 is 23.2 Å². The molecular formula is C17H19Cl2N5O4. The molecule has 0 aliphatic heterocycles. The fourth-order valence-corrected chi connectivity index (χ4v) is 2.53. The first kappa shape index (κ1) is 21.8. The standard InChI is InChI=1S/C17H19Cl2N5O4/c1-17(2,3)28-23-14(25)6-7-20-13-9-21-16(24(26)27)15(22-13)11-5-4-10(18)8-12(11)19/h4-5,8-9H,6-7H2,1-3H3,(H,20,22)(H,23,25). The van der Waals surface area contributed by atoms with E-state index in [1.807, 2.05) is 0 Å². The predicted molar refractivity (Wildman–Crippen MR) is 106 cm³/mol. The van der Waals surface area contributed by atoms with E-state index in [2.05, 4.69) is 20.8 Å². The predicted octanol–water partition coefficient (Wildman–Crippen LogP) is 4.01. The van der Waals surface area contributed by atoms with Crippen LogP contribution in [0.5, 0.6) is 0 Å². The molecule has 150 valence electrons.